The van der Waals surface area contributed by atoms with Gasteiger partial charge in [0.15, 0.2) is 0 Å². The molecule has 0 aromatic carbocycles. The van der Waals surface area contributed by atoms with E-state index in [9.17, 15) is 12.9 Å². The standard InChI is InChI=1S/C11H14BF3NO/c1-9(12(13,14)15)7-16(10-4-5-10)8-11-3-2-6-17-11/h2-3,6,10H,1,4-5,7-8H2/q-1. The van der Waals surface area contributed by atoms with Crippen molar-refractivity contribution in [3.8, 4) is 0 Å². The summed E-state index contributed by atoms with van der Waals surface area (Å²) in [6.45, 7) is -1.50. The zero-order valence-corrected chi connectivity index (χ0v) is 9.41. The fraction of sp³-hybridized carbons (Fsp3) is 0.455. The summed E-state index contributed by atoms with van der Waals surface area (Å²) in [5.41, 5.74) is -0.636. The highest BCUT2D eigenvalue weighted by molar-refractivity contribution is 6.66. The van der Waals surface area contributed by atoms with Gasteiger partial charge in [0, 0.05) is 6.04 Å². The van der Waals surface area contributed by atoms with Gasteiger partial charge in [-0.15, -0.1) is 12.1 Å². The molecule has 1 saturated carbocycles. The van der Waals surface area contributed by atoms with E-state index >= 15 is 0 Å². The number of furan rings is 1. The van der Waals surface area contributed by atoms with Crippen LogP contribution in [0.15, 0.2) is 34.9 Å². The van der Waals surface area contributed by atoms with Crippen molar-refractivity contribution in [1.29, 1.82) is 0 Å². The van der Waals surface area contributed by atoms with E-state index in [2.05, 4.69) is 6.58 Å². The molecule has 0 N–H and O–H groups in total. The molecule has 6 heteroatoms. The molecular weight excluding hydrogens is 230 g/mol. The second-order valence-corrected chi connectivity index (χ2v) is 4.45. The molecule has 1 fully saturated rings. The van der Waals surface area contributed by atoms with Crippen molar-refractivity contribution in [2.24, 2.45) is 0 Å². The lowest BCUT2D eigenvalue weighted by Crippen LogP contribution is -2.33. The average Bonchev–Trinajstić information content (AvgIpc) is 2.95. The average molecular weight is 244 g/mol. The summed E-state index contributed by atoms with van der Waals surface area (Å²) in [7, 11) is 0. The van der Waals surface area contributed by atoms with Gasteiger partial charge in [0.1, 0.15) is 5.76 Å². The summed E-state index contributed by atoms with van der Waals surface area (Å²) < 4.78 is 42.6. The van der Waals surface area contributed by atoms with E-state index in [0.717, 1.165) is 12.8 Å². The van der Waals surface area contributed by atoms with Gasteiger partial charge in [0.25, 0.3) is 0 Å². The number of hydrogen-bond acceptors (Lipinski definition) is 2. The molecule has 0 spiro atoms. The maximum Gasteiger partial charge on any atom is 0.506 e. The second-order valence-electron chi connectivity index (χ2n) is 4.45. The lowest BCUT2D eigenvalue weighted by Gasteiger charge is -2.26. The monoisotopic (exact) mass is 244 g/mol. The Morgan fingerprint density at radius 1 is 1.47 bits per heavy atom. The van der Waals surface area contributed by atoms with Crippen LogP contribution in [0.2, 0.25) is 0 Å². The normalized spacial score (nSPS) is 16.5. The van der Waals surface area contributed by atoms with Crippen molar-refractivity contribution in [3.63, 3.8) is 0 Å². The van der Waals surface area contributed by atoms with Crippen LogP contribution < -0.4 is 0 Å². The van der Waals surface area contributed by atoms with Gasteiger partial charge in [0.05, 0.1) is 12.8 Å². The molecule has 94 valence electrons. The highest BCUT2D eigenvalue weighted by Gasteiger charge is 2.33. The molecule has 1 aliphatic carbocycles. The van der Waals surface area contributed by atoms with Crippen molar-refractivity contribution in [1.82, 2.24) is 4.90 Å². The van der Waals surface area contributed by atoms with Crippen LogP contribution in [0.4, 0.5) is 12.9 Å². The highest BCUT2D eigenvalue weighted by Crippen LogP contribution is 2.30. The van der Waals surface area contributed by atoms with Gasteiger partial charge in [-0.3, -0.25) is 4.90 Å². The lowest BCUT2D eigenvalue weighted by atomic mass is 9.80. The molecule has 2 nitrogen and oxygen atoms in total. The van der Waals surface area contributed by atoms with Crippen LogP contribution in [0, 0.1) is 0 Å². The molecule has 1 heterocycles. The minimum absolute atomic E-state index is 0.116. The Balaban J connectivity index is 1.96. The Kier molecular flexibility index (Phi) is 3.33. The fourth-order valence-electron chi connectivity index (χ4n) is 1.72. The van der Waals surface area contributed by atoms with Crippen LogP contribution in [-0.4, -0.2) is 24.5 Å². The minimum Gasteiger partial charge on any atom is -0.468 e. The van der Waals surface area contributed by atoms with E-state index in [1.54, 1.807) is 17.0 Å². The van der Waals surface area contributed by atoms with Crippen LogP contribution in [-0.2, 0) is 6.54 Å². The molecule has 1 aromatic heterocycles. The molecule has 0 amide bonds. The third kappa shape index (κ3) is 3.39. The molecule has 0 aliphatic heterocycles. The number of rotatable bonds is 6. The zero-order chi connectivity index (χ0) is 12.5. The van der Waals surface area contributed by atoms with Gasteiger partial charge in [-0.05, 0) is 31.5 Å². The van der Waals surface area contributed by atoms with E-state index in [0.29, 0.717) is 12.3 Å². The van der Waals surface area contributed by atoms with Gasteiger partial charge in [-0.1, -0.05) is 0 Å². The van der Waals surface area contributed by atoms with Crippen LogP contribution in [0.3, 0.4) is 0 Å². The Morgan fingerprint density at radius 2 is 2.18 bits per heavy atom. The summed E-state index contributed by atoms with van der Waals surface area (Å²) in [6.07, 6.45) is 3.45. The SMILES string of the molecule is C=C(CN(Cc1ccco1)C1CC1)[B-](F)(F)F. The predicted molar refractivity (Wildman–Crippen MR) is 60.4 cm³/mol. The van der Waals surface area contributed by atoms with Crippen molar-refractivity contribution in [2.45, 2.75) is 25.4 Å². The predicted octanol–water partition coefficient (Wildman–Crippen LogP) is 3.19. The quantitative estimate of drug-likeness (QED) is 0.714. The number of halogens is 3. The first-order valence-electron chi connectivity index (χ1n) is 5.61. The molecule has 1 aromatic rings. The van der Waals surface area contributed by atoms with Crippen molar-refractivity contribution >= 4 is 6.98 Å². The van der Waals surface area contributed by atoms with E-state index in [4.69, 9.17) is 4.42 Å². The Hall–Kier alpha value is -1.17. The highest BCUT2D eigenvalue weighted by atomic mass is 19.4. The van der Waals surface area contributed by atoms with E-state index in [-0.39, 0.29) is 12.6 Å². The molecular formula is C11H14BF3NO-. The molecule has 17 heavy (non-hydrogen) atoms. The summed E-state index contributed by atoms with van der Waals surface area (Å²) in [6, 6.07) is 3.76. The molecule has 0 unspecified atom stereocenters. The first kappa shape index (κ1) is 12.3. The Bertz CT molecular complexity index is 384. The lowest BCUT2D eigenvalue weighted by molar-refractivity contribution is 0.252. The molecule has 0 bridgehead atoms. The summed E-state index contributed by atoms with van der Waals surface area (Å²) in [5.74, 6) is 0.694. The van der Waals surface area contributed by atoms with Crippen LogP contribution in [0.5, 0.6) is 0 Å². The first-order chi connectivity index (χ1) is 7.97. The number of hydrogen-bond donors (Lipinski definition) is 0. The first-order valence-corrected chi connectivity index (χ1v) is 5.61. The zero-order valence-electron chi connectivity index (χ0n) is 9.41. The fourth-order valence-corrected chi connectivity index (χ4v) is 1.72. The van der Waals surface area contributed by atoms with Gasteiger partial charge in [0.2, 0.25) is 0 Å². The molecule has 1 aliphatic rings. The molecule has 0 saturated heterocycles. The van der Waals surface area contributed by atoms with Crippen molar-refractivity contribution in [3.05, 3.63) is 36.2 Å². The van der Waals surface area contributed by atoms with E-state index in [1.807, 2.05) is 0 Å². The van der Waals surface area contributed by atoms with Crippen LogP contribution in [0.1, 0.15) is 18.6 Å². The van der Waals surface area contributed by atoms with Crippen LogP contribution in [0.25, 0.3) is 0 Å². The van der Waals surface area contributed by atoms with E-state index in [1.165, 1.54) is 6.26 Å². The maximum atomic E-state index is 12.5. The minimum atomic E-state index is -4.94. The third-order valence-corrected chi connectivity index (χ3v) is 2.87. The third-order valence-electron chi connectivity index (χ3n) is 2.87. The van der Waals surface area contributed by atoms with Crippen molar-refractivity contribution < 1.29 is 17.4 Å². The Morgan fingerprint density at radius 3 is 2.65 bits per heavy atom. The summed E-state index contributed by atoms with van der Waals surface area (Å²) >= 11 is 0. The number of nitrogens with zero attached hydrogens (tertiary/aromatic N) is 1. The second kappa shape index (κ2) is 4.60. The largest absolute Gasteiger partial charge is 0.506 e. The summed E-state index contributed by atoms with van der Waals surface area (Å²) in [4.78, 5) is 1.79. The van der Waals surface area contributed by atoms with Gasteiger partial charge in [-0.2, -0.15) is 0 Å². The van der Waals surface area contributed by atoms with Crippen molar-refractivity contribution in [2.75, 3.05) is 6.54 Å². The molecule has 0 atom stereocenters. The van der Waals surface area contributed by atoms with E-state index < -0.39 is 12.4 Å². The van der Waals surface area contributed by atoms with Gasteiger partial charge < -0.3 is 17.4 Å². The molecule has 2 rings (SSSR count). The van der Waals surface area contributed by atoms with Crippen LogP contribution >= 0.6 is 0 Å². The van der Waals surface area contributed by atoms with Gasteiger partial charge in [-0.25, -0.2) is 0 Å². The maximum absolute atomic E-state index is 12.5. The molecule has 0 radical (unpaired) electrons. The Labute approximate surface area is 98.1 Å². The van der Waals surface area contributed by atoms with Gasteiger partial charge >= 0.3 is 6.98 Å². The smallest absolute Gasteiger partial charge is 0.468 e. The topological polar surface area (TPSA) is 16.4 Å². The summed E-state index contributed by atoms with van der Waals surface area (Å²) in [5, 5.41) is 0.